The highest BCUT2D eigenvalue weighted by atomic mass is 79.9. The molecule has 1 aliphatic heterocycles. The van der Waals surface area contributed by atoms with Crippen LogP contribution >= 0.6 is 15.9 Å². The van der Waals surface area contributed by atoms with E-state index in [0.717, 1.165) is 5.56 Å². The highest BCUT2D eigenvalue weighted by Gasteiger charge is 2.29. The minimum absolute atomic E-state index is 0.117. The lowest BCUT2D eigenvalue weighted by atomic mass is 10.2. The number of likely N-dealkylation sites (N-methyl/N-ethyl adjacent to an activating group) is 1. The van der Waals surface area contributed by atoms with Crippen LogP contribution in [-0.2, 0) is 17.9 Å². The molecule has 1 aromatic carbocycles. The Balaban J connectivity index is 0.000000758. The molecule has 3 rings (SSSR count). The van der Waals surface area contributed by atoms with Crippen molar-refractivity contribution in [1.29, 1.82) is 0 Å². The molecule has 0 spiro atoms. The van der Waals surface area contributed by atoms with Crippen molar-refractivity contribution in [2.75, 3.05) is 27.3 Å². The van der Waals surface area contributed by atoms with Gasteiger partial charge in [0.25, 0.3) is 5.91 Å². The van der Waals surface area contributed by atoms with Crippen LogP contribution in [0, 0.1) is 0 Å². The lowest BCUT2D eigenvalue weighted by molar-refractivity contribution is 0.0704. The molecule has 0 fully saturated rings. The summed E-state index contributed by atoms with van der Waals surface area (Å²) in [5.41, 5.74) is 0.988. The minimum Gasteiger partial charge on any atom is -0.483 e. The van der Waals surface area contributed by atoms with Gasteiger partial charge >= 0.3 is 0 Å². The molecular formula is C19H23BrN2O4. The van der Waals surface area contributed by atoms with Crippen molar-refractivity contribution in [1.82, 2.24) is 9.47 Å². The highest BCUT2D eigenvalue weighted by Crippen LogP contribution is 2.24. The molecule has 0 atom stereocenters. The molecule has 0 bridgehead atoms. The summed E-state index contributed by atoms with van der Waals surface area (Å²) in [5, 5.41) is 0. The Morgan fingerprint density at radius 3 is 2.38 bits per heavy atom. The number of ether oxygens (including phenoxy) is 2. The Morgan fingerprint density at radius 1 is 1.12 bits per heavy atom. The summed E-state index contributed by atoms with van der Waals surface area (Å²) in [7, 11) is 3.25. The van der Waals surface area contributed by atoms with E-state index in [0.29, 0.717) is 29.8 Å². The lowest BCUT2D eigenvalue weighted by Crippen LogP contribution is -2.42. The number of pyridine rings is 1. The van der Waals surface area contributed by atoms with Crippen molar-refractivity contribution in [3.8, 4) is 5.75 Å². The van der Waals surface area contributed by atoms with E-state index in [2.05, 4.69) is 20.7 Å². The van der Waals surface area contributed by atoms with E-state index in [-0.39, 0.29) is 23.7 Å². The lowest BCUT2D eigenvalue weighted by Gasteiger charge is -2.30. The summed E-state index contributed by atoms with van der Waals surface area (Å²) in [6.45, 7) is 4.07. The Hall–Kier alpha value is -2.12. The van der Waals surface area contributed by atoms with Gasteiger partial charge in [0.2, 0.25) is 5.43 Å². The topological polar surface area (TPSA) is 60.8 Å². The number of hydrogen-bond acceptors (Lipinski definition) is 4. The summed E-state index contributed by atoms with van der Waals surface area (Å²) in [5.74, 6) is -0.0437. The quantitative estimate of drug-likeness (QED) is 0.759. The van der Waals surface area contributed by atoms with E-state index in [1.165, 1.54) is 0 Å². The molecule has 0 saturated carbocycles. The number of amides is 1. The minimum atomic E-state index is -0.293. The Kier molecular flexibility index (Phi) is 7.41. The van der Waals surface area contributed by atoms with Gasteiger partial charge in [0, 0.05) is 40.1 Å². The van der Waals surface area contributed by atoms with Gasteiger partial charge < -0.3 is 18.9 Å². The van der Waals surface area contributed by atoms with Crippen LogP contribution in [0.2, 0.25) is 0 Å². The van der Waals surface area contributed by atoms with E-state index < -0.39 is 0 Å². The molecule has 1 aromatic heterocycles. The second kappa shape index (κ2) is 9.54. The monoisotopic (exact) mass is 422 g/mol. The maximum atomic E-state index is 12.6. The number of hydrogen-bond donors (Lipinski definition) is 0. The standard InChI is InChI=1S/C17H17BrN2O3.C2H6O/c1-2-19-8-9-20-10-13(18)15(21)16(14(20)17(19)22)23-11-12-6-4-3-5-7-12;1-3-2/h3-7,10H,2,8-9,11H2,1H3;1-2H3. The van der Waals surface area contributed by atoms with Crippen LogP contribution in [0.4, 0.5) is 0 Å². The number of rotatable bonds is 4. The van der Waals surface area contributed by atoms with Gasteiger partial charge in [0.1, 0.15) is 6.61 Å². The Bertz CT molecular complexity index is 805. The van der Waals surface area contributed by atoms with Crippen molar-refractivity contribution < 1.29 is 14.3 Å². The van der Waals surface area contributed by atoms with Crippen molar-refractivity contribution in [2.24, 2.45) is 0 Å². The van der Waals surface area contributed by atoms with Gasteiger partial charge in [-0.2, -0.15) is 0 Å². The summed E-state index contributed by atoms with van der Waals surface area (Å²) in [6, 6.07) is 9.57. The predicted octanol–water partition coefficient (Wildman–Crippen LogP) is 2.93. The third kappa shape index (κ3) is 4.53. The van der Waals surface area contributed by atoms with Crippen LogP contribution in [0.3, 0.4) is 0 Å². The number of benzene rings is 1. The van der Waals surface area contributed by atoms with Gasteiger partial charge in [-0.1, -0.05) is 30.3 Å². The van der Waals surface area contributed by atoms with Crippen LogP contribution in [0.25, 0.3) is 0 Å². The van der Waals surface area contributed by atoms with Gasteiger partial charge in [-0.3, -0.25) is 9.59 Å². The number of carbonyl (C=O) groups is 1. The molecule has 0 unspecified atom stereocenters. The molecule has 1 aliphatic rings. The molecule has 26 heavy (non-hydrogen) atoms. The van der Waals surface area contributed by atoms with E-state index in [9.17, 15) is 9.59 Å². The van der Waals surface area contributed by atoms with Crippen LogP contribution in [-0.4, -0.2) is 42.7 Å². The van der Waals surface area contributed by atoms with Crippen LogP contribution in [0.1, 0.15) is 23.0 Å². The van der Waals surface area contributed by atoms with Gasteiger partial charge in [-0.05, 0) is 28.4 Å². The first-order chi connectivity index (χ1) is 12.5. The summed E-state index contributed by atoms with van der Waals surface area (Å²) in [4.78, 5) is 26.8. The zero-order valence-electron chi connectivity index (χ0n) is 15.2. The van der Waals surface area contributed by atoms with Gasteiger partial charge in [0.15, 0.2) is 11.4 Å². The summed E-state index contributed by atoms with van der Waals surface area (Å²) in [6.07, 6.45) is 1.66. The first kappa shape index (κ1) is 20.2. The zero-order chi connectivity index (χ0) is 19.1. The SMILES string of the molecule is CCN1CCn2cc(Br)c(=O)c(OCc3ccccc3)c2C1=O.COC. The first-order valence-corrected chi connectivity index (χ1v) is 9.11. The van der Waals surface area contributed by atoms with Crippen LogP contribution < -0.4 is 10.2 Å². The molecule has 2 heterocycles. The Morgan fingerprint density at radius 2 is 1.77 bits per heavy atom. The smallest absolute Gasteiger partial charge is 0.274 e. The molecule has 0 aliphatic carbocycles. The zero-order valence-corrected chi connectivity index (χ0v) is 16.8. The molecule has 1 amide bonds. The fraction of sp³-hybridized carbons (Fsp3) is 0.368. The van der Waals surface area contributed by atoms with E-state index in [4.69, 9.17) is 4.74 Å². The molecule has 0 radical (unpaired) electrons. The number of halogens is 1. The third-order valence-corrected chi connectivity index (χ3v) is 4.47. The molecule has 2 aromatic rings. The Labute approximate surface area is 161 Å². The maximum Gasteiger partial charge on any atom is 0.274 e. The van der Waals surface area contributed by atoms with Crippen molar-refractivity contribution >= 4 is 21.8 Å². The van der Waals surface area contributed by atoms with Gasteiger partial charge in [-0.15, -0.1) is 0 Å². The predicted molar refractivity (Wildman–Crippen MR) is 104 cm³/mol. The van der Waals surface area contributed by atoms with E-state index in [1.807, 2.05) is 37.3 Å². The van der Waals surface area contributed by atoms with E-state index in [1.54, 1.807) is 29.9 Å². The molecule has 6 nitrogen and oxygen atoms in total. The fourth-order valence-corrected chi connectivity index (χ4v) is 3.08. The number of methoxy groups -OCH3 is 1. The molecule has 7 heteroatoms. The van der Waals surface area contributed by atoms with Crippen LogP contribution in [0.15, 0.2) is 45.8 Å². The van der Waals surface area contributed by atoms with Crippen LogP contribution in [0.5, 0.6) is 5.75 Å². The van der Waals surface area contributed by atoms with Crippen molar-refractivity contribution in [3.05, 3.63) is 62.5 Å². The second-order valence-electron chi connectivity index (χ2n) is 5.74. The maximum absolute atomic E-state index is 12.6. The van der Waals surface area contributed by atoms with Crippen molar-refractivity contribution in [2.45, 2.75) is 20.1 Å². The molecular weight excluding hydrogens is 400 g/mol. The first-order valence-electron chi connectivity index (χ1n) is 8.32. The molecule has 0 N–H and O–H groups in total. The van der Waals surface area contributed by atoms with Gasteiger partial charge in [0.05, 0.1) is 4.47 Å². The number of carbonyl (C=O) groups excluding carboxylic acids is 1. The van der Waals surface area contributed by atoms with E-state index >= 15 is 0 Å². The summed E-state index contributed by atoms with van der Waals surface area (Å²) >= 11 is 3.27. The largest absolute Gasteiger partial charge is 0.483 e. The molecule has 140 valence electrons. The average molecular weight is 423 g/mol. The third-order valence-electron chi connectivity index (χ3n) is 3.90. The fourth-order valence-electron chi connectivity index (χ4n) is 2.65. The number of nitrogens with zero attached hydrogens (tertiary/aromatic N) is 2. The summed E-state index contributed by atoms with van der Waals surface area (Å²) < 4.78 is 12.2. The average Bonchev–Trinajstić information content (AvgIpc) is 2.64. The second-order valence-corrected chi connectivity index (χ2v) is 6.60. The van der Waals surface area contributed by atoms with Gasteiger partial charge in [-0.25, -0.2) is 0 Å². The molecule has 0 saturated heterocycles. The number of fused-ring (bicyclic) bond motifs is 1. The normalized spacial score (nSPS) is 12.9. The van der Waals surface area contributed by atoms with Crippen molar-refractivity contribution in [3.63, 3.8) is 0 Å². The number of aromatic nitrogens is 1. The highest BCUT2D eigenvalue weighted by molar-refractivity contribution is 9.10.